The maximum absolute atomic E-state index is 13.7. The van der Waals surface area contributed by atoms with Crippen molar-refractivity contribution in [1.82, 2.24) is 15.2 Å². The Balaban J connectivity index is 1.54. The van der Waals surface area contributed by atoms with Crippen LogP contribution in [0.15, 0.2) is 29.6 Å². The number of nitrogens with zero attached hydrogens (tertiary/aromatic N) is 2. The molecule has 22 heavy (non-hydrogen) atoms. The third-order valence-electron chi connectivity index (χ3n) is 3.71. The molecule has 1 fully saturated rings. The first kappa shape index (κ1) is 15.0. The smallest absolute Gasteiger partial charge is 0.317 e. The highest BCUT2D eigenvalue weighted by Crippen LogP contribution is 2.24. The molecule has 2 heterocycles. The molecule has 0 bridgehead atoms. The third-order valence-corrected chi connectivity index (χ3v) is 4.62. The summed E-state index contributed by atoms with van der Waals surface area (Å²) in [6, 6.07) is 6.63. The van der Waals surface area contributed by atoms with Crippen molar-refractivity contribution in [3.63, 3.8) is 0 Å². The Bertz CT molecular complexity index is 652. The van der Waals surface area contributed by atoms with E-state index in [2.05, 4.69) is 10.3 Å². The van der Waals surface area contributed by atoms with Crippen LogP contribution in [0.2, 0.25) is 0 Å². The summed E-state index contributed by atoms with van der Waals surface area (Å²) in [7, 11) is 0. The fourth-order valence-electron chi connectivity index (χ4n) is 2.53. The summed E-state index contributed by atoms with van der Waals surface area (Å²) < 4.78 is 13.7. The van der Waals surface area contributed by atoms with E-state index in [1.54, 1.807) is 18.2 Å². The number of benzene rings is 1. The summed E-state index contributed by atoms with van der Waals surface area (Å²) in [5.41, 5.74) is 1.18. The molecule has 1 N–H and O–H groups in total. The van der Waals surface area contributed by atoms with E-state index in [0.29, 0.717) is 24.2 Å². The van der Waals surface area contributed by atoms with Crippen LogP contribution < -0.4 is 5.32 Å². The van der Waals surface area contributed by atoms with E-state index < -0.39 is 0 Å². The number of rotatable bonds is 4. The Morgan fingerprint density at radius 3 is 2.86 bits per heavy atom. The molecule has 0 saturated carbocycles. The number of urea groups is 1. The van der Waals surface area contributed by atoms with Crippen molar-refractivity contribution in [3.05, 3.63) is 40.5 Å². The second-order valence-electron chi connectivity index (χ2n) is 5.28. The average molecular weight is 319 g/mol. The number of amides is 2. The molecule has 6 heteroatoms. The van der Waals surface area contributed by atoms with Crippen molar-refractivity contribution < 1.29 is 9.18 Å². The predicted molar refractivity (Wildman–Crippen MR) is 85.4 cm³/mol. The Labute approximate surface area is 133 Å². The Kier molecular flexibility index (Phi) is 4.68. The monoisotopic (exact) mass is 319 g/mol. The van der Waals surface area contributed by atoms with Gasteiger partial charge in [-0.05, 0) is 25.0 Å². The summed E-state index contributed by atoms with van der Waals surface area (Å²) in [4.78, 5) is 18.1. The standard InChI is InChI=1S/C16H18FN3OS/c17-13-6-2-1-5-12(13)14-11-22-15(19-14)7-8-18-16(21)20-9-3-4-10-20/h1-2,5-6,11H,3-4,7-10H2,(H,18,21). The lowest BCUT2D eigenvalue weighted by atomic mass is 10.1. The molecule has 0 aliphatic carbocycles. The van der Waals surface area contributed by atoms with Crippen molar-refractivity contribution in [1.29, 1.82) is 0 Å². The minimum atomic E-state index is -0.262. The van der Waals surface area contributed by atoms with Gasteiger partial charge in [-0.25, -0.2) is 14.2 Å². The van der Waals surface area contributed by atoms with Crippen LogP contribution >= 0.6 is 11.3 Å². The van der Waals surface area contributed by atoms with Crippen LogP contribution in [0.3, 0.4) is 0 Å². The molecule has 0 unspecified atom stereocenters. The SMILES string of the molecule is O=C(NCCc1nc(-c2ccccc2F)cs1)N1CCCC1. The molecular weight excluding hydrogens is 301 g/mol. The van der Waals surface area contributed by atoms with Crippen molar-refractivity contribution >= 4 is 17.4 Å². The molecule has 2 amide bonds. The minimum absolute atomic E-state index is 0.00313. The van der Waals surface area contributed by atoms with Crippen LogP contribution in [0.5, 0.6) is 0 Å². The summed E-state index contributed by atoms with van der Waals surface area (Å²) >= 11 is 1.49. The number of thiazole rings is 1. The molecule has 1 aromatic carbocycles. The molecule has 2 aromatic rings. The quantitative estimate of drug-likeness (QED) is 0.940. The molecule has 0 spiro atoms. The molecule has 116 valence electrons. The molecule has 1 aliphatic rings. The maximum Gasteiger partial charge on any atom is 0.317 e. The molecule has 0 radical (unpaired) electrons. The number of hydrogen-bond donors (Lipinski definition) is 1. The summed E-state index contributed by atoms with van der Waals surface area (Å²) in [5.74, 6) is -0.262. The van der Waals surface area contributed by atoms with Gasteiger partial charge in [-0.3, -0.25) is 0 Å². The number of nitrogens with one attached hydrogen (secondary N) is 1. The van der Waals surface area contributed by atoms with Crippen LogP contribution in [-0.4, -0.2) is 35.5 Å². The van der Waals surface area contributed by atoms with Gasteiger partial charge in [0.15, 0.2) is 0 Å². The lowest BCUT2D eigenvalue weighted by Gasteiger charge is -2.15. The number of carbonyl (C=O) groups is 1. The zero-order chi connectivity index (χ0) is 15.4. The Morgan fingerprint density at radius 1 is 1.32 bits per heavy atom. The van der Waals surface area contributed by atoms with Gasteiger partial charge in [0.2, 0.25) is 0 Å². The normalized spacial score (nSPS) is 14.3. The molecular formula is C16H18FN3OS. The van der Waals surface area contributed by atoms with Gasteiger partial charge >= 0.3 is 6.03 Å². The fourth-order valence-corrected chi connectivity index (χ4v) is 3.33. The highest BCUT2D eigenvalue weighted by Gasteiger charge is 2.17. The number of halogens is 1. The van der Waals surface area contributed by atoms with Crippen molar-refractivity contribution in [2.24, 2.45) is 0 Å². The van der Waals surface area contributed by atoms with Crippen LogP contribution in [0.1, 0.15) is 17.8 Å². The van der Waals surface area contributed by atoms with Gasteiger partial charge in [-0.2, -0.15) is 0 Å². The first-order valence-corrected chi connectivity index (χ1v) is 8.34. The van der Waals surface area contributed by atoms with Crippen LogP contribution in [-0.2, 0) is 6.42 Å². The second-order valence-corrected chi connectivity index (χ2v) is 6.23. The zero-order valence-corrected chi connectivity index (χ0v) is 13.0. The molecule has 0 atom stereocenters. The van der Waals surface area contributed by atoms with E-state index in [9.17, 15) is 9.18 Å². The van der Waals surface area contributed by atoms with E-state index in [0.717, 1.165) is 30.9 Å². The van der Waals surface area contributed by atoms with E-state index in [-0.39, 0.29) is 11.8 Å². The van der Waals surface area contributed by atoms with Crippen LogP contribution in [0, 0.1) is 5.82 Å². The Morgan fingerprint density at radius 2 is 2.09 bits per heavy atom. The van der Waals surface area contributed by atoms with Gasteiger partial charge in [0.05, 0.1) is 10.7 Å². The molecule has 3 rings (SSSR count). The van der Waals surface area contributed by atoms with Crippen LogP contribution in [0.25, 0.3) is 11.3 Å². The Hall–Kier alpha value is -1.95. The molecule has 1 aliphatic heterocycles. The number of hydrogen-bond acceptors (Lipinski definition) is 3. The second kappa shape index (κ2) is 6.87. The first-order valence-electron chi connectivity index (χ1n) is 7.46. The highest BCUT2D eigenvalue weighted by molar-refractivity contribution is 7.09. The fraction of sp³-hybridized carbons (Fsp3) is 0.375. The van der Waals surface area contributed by atoms with Crippen LogP contribution in [0.4, 0.5) is 9.18 Å². The lowest BCUT2D eigenvalue weighted by molar-refractivity contribution is 0.209. The van der Waals surface area contributed by atoms with Crippen molar-refractivity contribution in [3.8, 4) is 11.3 Å². The highest BCUT2D eigenvalue weighted by atomic mass is 32.1. The predicted octanol–water partition coefficient (Wildman–Crippen LogP) is 3.30. The summed E-state index contributed by atoms with van der Waals surface area (Å²) in [5, 5.41) is 5.67. The van der Waals surface area contributed by atoms with Gasteiger partial charge in [-0.15, -0.1) is 11.3 Å². The average Bonchev–Trinajstić information content (AvgIpc) is 3.19. The number of aromatic nitrogens is 1. The van der Waals surface area contributed by atoms with E-state index >= 15 is 0 Å². The van der Waals surface area contributed by atoms with E-state index in [1.165, 1.54) is 17.4 Å². The van der Waals surface area contributed by atoms with E-state index in [4.69, 9.17) is 0 Å². The van der Waals surface area contributed by atoms with Crippen molar-refractivity contribution in [2.45, 2.75) is 19.3 Å². The molecule has 1 saturated heterocycles. The largest absolute Gasteiger partial charge is 0.338 e. The first-order chi connectivity index (χ1) is 10.7. The van der Waals surface area contributed by atoms with Gasteiger partial charge in [0.1, 0.15) is 5.82 Å². The van der Waals surface area contributed by atoms with Gasteiger partial charge < -0.3 is 10.2 Å². The molecule has 4 nitrogen and oxygen atoms in total. The summed E-state index contributed by atoms with van der Waals surface area (Å²) in [6.45, 7) is 2.25. The lowest BCUT2D eigenvalue weighted by Crippen LogP contribution is -2.38. The van der Waals surface area contributed by atoms with Gasteiger partial charge in [-0.1, -0.05) is 12.1 Å². The molecule has 1 aromatic heterocycles. The number of carbonyl (C=O) groups excluding carboxylic acids is 1. The van der Waals surface area contributed by atoms with Crippen molar-refractivity contribution in [2.75, 3.05) is 19.6 Å². The number of likely N-dealkylation sites (tertiary alicyclic amines) is 1. The zero-order valence-electron chi connectivity index (χ0n) is 12.2. The third kappa shape index (κ3) is 3.44. The maximum atomic E-state index is 13.7. The summed E-state index contributed by atoms with van der Waals surface area (Å²) in [6.07, 6.45) is 2.84. The minimum Gasteiger partial charge on any atom is -0.338 e. The van der Waals surface area contributed by atoms with E-state index in [1.807, 2.05) is 10.3 Å². The topological polar surface area (TPSA) is 45.2 Å². The van der Waals surface area contributed by atoms with Gasteiger partial charge in [0.25, 0.3) is 0 Å². The van der Waals surface area contributed by atoms with Gasteiger partial charge in [0, 0.05) is 37.0 Å².